The molecule has 0 fully saturated rings. The number of carboxylic acids is 1. The third-order valence-corrected chi connectivity index (χ3v) is 4.40. The highest BCUT2D eigenvalue weighted by molar-refractivity contribution is 5.94. The standard InChI is InChI=1S/C19H31N7O6/c1-10(2)5-14(26-17(30)12(20)6-11-7-22-9-24-11)19(32)25-13(3-4-15(21)27)18(31)23-8-16(28)29/h7,9-10,12-14H,3-6,8,20H2,1-2H3,(H2,21,27)(H,22,24)(H,23,31)(H,25,32)(H,26,30)(H,28,29). The van der Waals surface area contributed by atoms with Crippen molar-refractivity contribution in [3.63, 3.8) is 0 Å². The van der Waals surface area contributed by atoms with Crippen LogP contribution in [0.2, 0.25) is 0 Å². The van der Waals surface area contributed by atoms with Gasteiger partial charge in [-0.2, -0.15) is 0 Å². The lowest BCUT2D eigenvalue weighted by atomic mass is 10.0. The van der Waals surface area contributed by atoms with Gasteiger partial charge in [-0.3, -0.25) is 24.0 Å². The van der Waals surface area contributed by atoms with Gasteiger partial charge in [0.1, 0.15) is 18.6 Å². The predicted octanol–water partition coefficient (Wildman–Crippen LogP) is -2.24. The van der Waals surface area contributed by atoms with Crippen LogP contribution in [-0.4, -0.2) is 69.3 Å². The van der Waals surface area contributed by atoms with Crippen molar-refractivity contribution in [2.45, 2.75) is 57.7 Å². The summed E-state index contributed by atoms with van der Waals surface area (Å²) >= 11 is 0. The van der Waals surface area contributed by atoms with E-state index in [2.05, 4.69) is 25.9 Å². The van der Waals surface area contributed by atoms with Crippen molar-refractivity contribution in [2.75, 3.05) is 6.54 Å². The summed E-state index contributed by atoms with van der Waals surface area (Å²) in [5, 5.41) is 15.9. The molecular formula is C19H31N7O6. The number of hydrogen-bond donors (Lipinski definition) is 7. The van der Waals surface area contributed by atoms with Gasteiger partial charge >= 0.3 is 5.97 Å². The second-order valence-electron chi connectivity index (χ2n) is 7.76. The number of nitrogens with zero attached hydrogens (tertiary/aromatic N) is 1. The molecule has 0 aliphatic rings. The van der Waals surface area contributed by atoms with E-state index in [0.29, 0.717) is 5.69 Å². The Kier molecular flexibility index (Phi) is 10.8. The Labute approximate surface area is 185 Å². The molecular weight excluding hydrogens is 422 g/mol. The zero-order chi connectivity index (χ0) is 24.3. The number of carbonyl (C=O) groups excluding carboxylic acids is 4. The Bertz CT molecular complexity index is 796. The first kappa shape index (κ1) is 26.6. The molecule has 1 heterocycles. The number of H-pyrrole nitrogens is 1. The van der Waals surface area contributed by atoms with Crippen LogP contribution in [0, 0.1) is 5.92 Å². The summed E-state index contributed by atoms with van der Waals surface area (Å²) in [6.07, 6.45) is 3.09. The van der Waals surface area contributed by atoms with Crippen LogP contribution in [0.4, 0.5) is 0 Å². The number of rotatable bonds is 14. The SMILES string of the molecule is CC(C)CC(NC(=O)C(N)Cc1cnc[nH]1)C(=O)NC(CCC(N)=O)C(=O)NCC(=O)O. The Morgan fingerprint density at radius 3 is 2.28 bits per heavy atom. The molecule has 1 aromatic heterocycles. The molecule has 4 amide bonds. The minimum Gasteiger partial charge on any atom is -0.480 e. The number of hydrogen-bond acceptors (Lipinski definition) is 7. The highest BCUT2D eigenvalue weighted by Crippen LogP contribution is 2.08. The third kappa shape index (κ3) is 10.0. The highest BCUT2D eigenvalue weighted by Gasteiger charge is 2.29. The molecule has 3 unspecified atom stereocenters. The molecule has 178 valence electrons. The maximum absolute atomic E-state index is 12.9. The monoisotopic (exact) mass is 453 g/mol. The molecule has 0 spiro atoms. The second kappa shape index (κ2) is 13.0. The Morgan fingerprint density at radius 2 is 1.75 bits per heavy atom. The topological polar surface area (TPSA) is 222 Å². The molecule has 32 heavy (non-hydrogen) atoms. The Morgan fingerprint density at radius 1 is 1.09 bits per heavy atom. The largest absolute Gasteiger partial charge is 0.480 e. The van der Waals surface area contributed by atoms with Crippen LogP contribution < -0.4 is 27.4 Å². The maximum atomic E-state index is 12.9. The summed E-state index contributed by atoms with van der Waals surface area (Å²) in [6, 6.07) is -3.15. The zero-order valence-electron chi connectivity index (χ0n) is 18.1. The summed E-state index contributed by atoms with van der Waals surface area (Å²) in [5.41, 5.74) is 11.7. The van der Waals surface area contributed by atoms with Gasteiger partial charge in [-0.15, -0.1) is 0 Å². The number of aromatic amines is 1. The van der Waals surface area contributed by atoms with Gasteiger partial charge in [-0.05, 0) is 18.8 Å². The van der Waals surface area contributed by atoms with E-state index in [1.807, 2.05) is 13.8 Å². The number of nitrogens with two attached hydrogens (primary N) is 2. The number of aliphatic carboxylic acids is 1. The third-order valence-electron chi connectivity index (χ3n) is 4.40. The second-order valence-corrected chi connectivity index (χ2v) is 7.76. The van der Waals surface area contributed by atoms with E-state index < -0.39 is 54.3 Å². The Balaban J connectivity index is 2.85. The molecule has 9 N–H and O–H groups in total. The summed E-state index contributed by atoms with van der Waals surface area (Å²) in [6.45, 7) is 3.04. The maximum Gasteiger partial charge on any atom is 0.322 e. The van der Waals surface area contributed by atoms with Crippen LogP contribution in [0.5, 0.6) is 0 Å². The minimum atomic E-state index is -1.27. The normalized spacial score (nSPS) is 13.6. The number of nitrogens with one attached hydrogen (secondary N) is 4. The molecule has 3 atom stereocenters. The van der Waals surface area contributed by atoms with Crippen molar-refractivity contribution in [1.29, 1.82) is 0 Å². The van der Waals surface area contributed by atoms with Gasteiger partial charge in [0.05, 0.1) is 12.4 Å². The van der Waals surface area contributed by atoms with Crippen molar-refractivity contribution < 1.29 is 29.1 Å². The number of imidazole rings is 1. The number of aromatic nitrogens is 2. The fourth-order valence-electron chi connectivity index (χ4n) is 2.82. The predicted molar refractivity (Wildman–Crippen MR) is 113 cm³/mol. The van der Waals surface area contributed by atoms with E-state index in [1.54, 1.807) is 0 Å². The molecule has 0 saturated carbocycles. The van der Waals surface area contributed by atoms with Crippen LogP contribution in [0.3, 0.4) is 0 Å². The summed E-state index contributed by atoms with van der Waals surface area (Å²) in [7, 11) is 0. The average Bonchev–Trinajstić information content (AvgIpc) is 3.20. The van der Waals surface area contributed by atoms with Crippen LogP contribution in [0.25, 0.3) is 0 Å². The molecule has 13 heteroatoms. The summed E-state index contributed by atoms with van der Waals surface area (Å²) in [5.74, 6) is -3.96. The zero-order valence-corrected chi connectivity index (χ0v) is 18.1. The molecule has 0 aromatic carbocycles. The van der Waals surface area contributed by atoms with E-state index in [9.17, 15) is 24.0 Å². The summed E-state index contributed by atoms with van der Waals surface area (Å²) in [4.78, 5) is 66.2. The molecule has 13 nitrogen and oxygen atoms in total. The minimum absolute atomic E-state index is 0.0137. The van der Waals surface area contributed by atoms with Gasteiger partial charge in [-0.25, -0.2) is 4.98 Å². The fraction of sp³-hybridized carbons (Fsp3) is 0.579. The van der Waals surface area contributed by atoms with Crippen molar-refractivity contribution in [3.8, 4) is 0 Å². The smallest absolute Gasteiger partial charge is 0.322 e. The van der Waals surface area contributed by atoms with Gasteiger partial charge in [0.25, 0.3) is 0 Å². The first-order valence-electron chi connectivity index (χ1n) is 10.1. The number of carboxylic acid groups (broad SMARTS) is 1. The quantitative estimate of drug-likeness (QED) is 0.163. The van der Waals surface area contributed by atoms with Crippen LogP contribution in [0.1, 0.15) is 38.8 Å². The molecule has 0 saturated heterocycles. The highest BCUT2D eigenvalue weighted by atomic mass is 16.4. The molecule has 0 radical (unpaired) electrons. The van der Waals surface area contributed by atoms with Gasteiger partial charge < -0.3 is 37.5 Å². The fourth-order valence-corrected chi connectivity index (χ4v) is 2.82. The van der Waals surface area contributed by atoms with Gasteiger partial charge in [0.2, 0.25) is 23.6 Å². The number of amides is 4. The van der Waals surface area contributed by atoms with Crippen LogP contribution >= 0.6 is 0 Å². The van der Waals surface area contributed by atoms with E-state index in [1.165, 1.54) is 12.5 Å². The molecule has 1 rings (SSSR count). The molecule has 0 aliphatic heterocycles. The van der Waals surface area contributed by atoms with Crippen LogP contribution in [0.15, 0.2) is 12.5 Å². The van der Waals surface area contributed by atoms with E-state index in [0.717, 1.165) is 0 Å². The lowest BCUT2D eigenvalue weighted by Gasteiger charge is -2.25. The first-order valence-corrected chi connectivity index (χ1v) is 10.1. The molecule has 0 bridgehead atoms. The molecule has 0 aliphatic carbocycles. The van der Waals surface area contributed by atoms with Crippen molar-refractivity contribution in [1.82, 2.24) is 25.9 Å². The van der Waals surface area contributed by atoms with E-state index in [-0.39, 0.29) is 31.6 Å². The molecule has 1 aromatic rings. The van der Waals surface area contributed by atoms with Crippen molar-refractivity contribution in [2.24, 2.45) is 17.4 Å². The Hall–Kier alpha value is -3.48. The lowest BCUT2D eigenvalue weighted by Crippen LogP contribution is -2.56. The van der Waals surface area contributed by atoms with Crippen molar-refractivity contribution >= 4 is 29.6 Å². The van der Waals surface area contributed by atoms with Gasteiger partial charge in [0, 0.05) is 24.7 Å². The van der Waals surface area contributed by atoms with Gasteiger partial charge in [0.15, 0.2) is 0 Å². The summed E-state index contributed by atoms with van der Waals surface area (Å²) < 4.78 is 0. The average molecular weight is 454 g/mol. The van der Waals surface area contributed by atoms with Crippen molar-refractivity contribution in [3.05, 3.63) is 18.2 Å². The van der Waals surface area contributed by atoms with Gasteiger partial charge in [-0.1, -0.05) is 13.8 Å². The van der Waals surface area contributed by atoms with E-state index >= 15 is 0 Å². The first-order chi connectivity index (χ1) is 15.0. The lowest BCUT2D eigenvalue weighted by molar-refractivity contribution is -0.138. The van der Waals surface area contributed by atoms with E-state index in [4.69, 9.17) is 16.6 Å². The number of carbonyl (C=O) groups is 5. The number of primary amides is 1. The van der Waals surface area contributed by atoms with Crippen LogP contribution in [-0.2, 0) is 30.4 Å².